The maximum absolute atomic E-state index is 11.0. The van der Waals surface area contributed by atoms with E-state index in [0.29, 0.717) is 26.2 Å². The van der Waals surface area contributed by atoms with Gasteiger partial charge in [0.05, 0.1) is 25.4 Å². The van der Waals surface area contributed by atoms with Crippen LogP contribution in [0.25, 0.3) is 0 Å². The number of aliphatic hydroxyl groups is 1. The van der Waals surface area contributed by atoms with Crippen molar-refractivity contribution < 1.29 is 19.7 Å². The SMILES string of the molecule is O=C(O)C1COCCN1C1CNCC1O. The van der Waals surface area contributed by atoms with Crippen LogP contribution < -0.4 is 5.32 Å². The van der Waals surface area contributed by atoms with Gasteiger partial charge in [-0.2, -0.15) is 0 Å². The Morgan fingerprint density at radius 1 is 1.47 bits per heavy atom. The lowest BCUT2D eigenvalue weighted by Crippen LogP contribution is -2.57. The van der Waals surface area contributed by atoms with Gasteiger partial charge in [0.2, 0.25) is 0 Å². The molecule has 3 N–H and O–H groups in total. The smallest absolute Gasteiger partial charge is 0.323 e. The fourth-order valence-corrected chi connectivity index (χ4v) is 2.22. The highest BCUT2D eigenvalue weighted by atomic mass is 16.5. The zero-order valence-electron chi connectivity index (χ0n) is 8.43. The lowest BCUT2D eigenvalue weighted by molar-refractivity contribution is -0.152. The quantitative estimate of drug-likeness (QED) is 0.500. The number of β-amino-alcohol motifs (C(OH)–C–C–N with tert-alkyl or cyclic N) is 1. The Bertz CT molecular complexity index is 248. The maximum atomic E-state index is 11.0. The molecule has 2 fully saturated rings. The van der Waals surface area contributed by atoms with Gasteiger partial charge in [-0.3, -0.25) is 9.69 Å². The lowest BCUT2D eigenvalue weighted by Gasteiger charge is -2.38. The van der Waals surface area contributed by atoms with E-state index in [0.717, 1.165) is 0 Å². The molecule has 0 aromatic rings. The number of hydrogen-bond acceptors (Lipinski definition) is 5. The minimum atomic E-state index is -0.881. The van der Waals surface area contributed by atoms with Crippen molar-refractivity contribution in [3.63, 3.8) is 0 Å². The molecular formula is C9H16N2O4. The van der Waals surface area contributed by atoms with E-state index in [-0.39, 0.29) is 12.6 Å². The van der Waals surface area contributed by atoms with Crippen LogP contribution in [0.5, 0.6) is 0 Å². The van der Waals surface area contributed by atoms with Crippen LogP contribution in [0.15, 0.2) is 0 Å². The van der Waals surface area contributed by atoms with E-state index < -0.39 is 18.1 Å². The third kappa shape index (κ3) is 2.12. The number of aliphatic carboxylic acids is 1. The van der Waals surface area contributed by atoms with Crippen molar-refractivity contribution in [1.82, 2.24) is 10.2 Å². The predicted octanol–water partition coefficient (Wildman–Crippen LogP) is -1.90. The van der Waals surface area contributed by atoms with Crippen molar-refractivity contribution >= 4 is 5.97 Å². The van der Waals surface area contributed by atoms with E-state index in [9.17, 15) is 9.90 Å². The molecule has 0 bridgehead atoms. The van der Waals surface area contributed by atoms with Crippen molar-refractivity contribution in [2.24, 2.45) is 0 Å². The first kappa shape index (κ1) is 10.8. The second-order valence-electron chi connectivity index (χ2n) is 3.96. The summed E-state index contributed by atoms with van der Waals surface area (Å²) in [5.41, 5.74) is 0. The molecule has 3 unspecified atom stereocenters. The van der Waals surface area contributed by atoms with Crippen molar-refractivity contribution in [2.75, 3.05) is 32.8 Å². The van der Waals surface area contributed by atoms with E-state index in [4.69, 9.17) is 9.84 Å². The number of carbonyl (C=O) groups is 1. The fraction of sp³-hybridized carbons (Fsp3) is 0.889. The Labute approximate surface area is 87.8 Å². The molecule has 2 heterocycles. The van der Waals surface area contributed by atoms with E-state index >= 15 is 0 Å². The molecule has 0 aromatic carbocycles. The molecule has 86 valence electrons. The molecule has 3 atom stereocenters. The highest BCUT2D eigenvalue weighted by Gasteiger charge is 2.39. The number of ether oxygens (including phenoxy) is 1. The number of morpholine rings is 1. The molecule has 15 heavy (non-hydrogen) atoms. The lowest BCUT2D eigenvalue weighted by atomic mass is 10.1. The van der Waals surface area contributed by atoms with Gasteiger partial charge in [-0.25, -0.2) is 0 Å². The molecule has 2 aliphatic heterocycles. The topological polar surface area (TPSA) is 82.0 Å². The van der Waals surface area contributed by atoms with Crippen LogP contribution in [0.1, 0.15) is 0 Å². The first-order chi connectivity index (χ1) is 7.20. The molecule has 0 amide bonds. The number of aliphatic hydroxyl groups excluding tert-OH is 1. The van der Waals surface area contributed by atoms with Gasteiger partial charge in [0.15, 0.2) is 0 Å². The first-order valence-electron chi connectivity index (χ1n) is 5.15. The number of nitrogens with zero attached hydrogens (tertiary/aromatic N) is 1. The largest absolute Gasteiger partial charge is 0.480 e. The molecule has 0 spiro atoms. The fourth-order valence-electron chi connectivity index (χ4n) is 2.22. The van der Waals surface area contributed by atoms with Crippen LogP contribution in [0, 0.1) is 0 Å². The van der Waals surface area contributed by atoms with E-state index in [1.54, 1.807) is 0 Å². The molecule has 2 aliphatic rings. The van der Waals surface area contributed by atoms with E-state index in [2.05, 4.69) is 5.32 Å². The predicted molar refractivity (Wildman–Crippen MR) is 51.6 cm³/mol. The van der Waals surface area contributed by atoms with Gasteiger partial charge in [-0.05, 0) is 0 Å². The third-order valence-electron chi connectivity index (χ3n) is 3.03. The van der Waals surface area contributed by atoms with Gasteiger partial charge < -0.3 is 20.3 Å². The van der Waals surface area contributed by atoms with Crippen LogP contribution in [0.2, 0.25) is 0 Å². The molecule has 0 aromatic heterocycles. The van der Waals surface area contributed by atoms with Gasteiger partial charge in [0.1, 0.15) is 6.04 Å². The monoisotopic (exact) mass is 216 g/mol. The summed E-state index contributed by atoms with van der Waals surface area (Å²) in [6.07, 6.45) is -0.482. The highest BCUT2D eigenvalue weighted by molar-refractivity contribution is 5.73. The van der Waals surface area contributed by atoms with Crippen LogP contribution in [-0.4, -0.2) is 72.1 Å². The summed E-state index contributed by atoms with van der Waals surface area (Å²) >= 11 is 0. The Morgan fingerprint density at radius 3 is 2.87 bits per heavy atom. The summed E-state index contributed by atoms with van der Waals surface area (Å²) in [4.78, 5) is 12.8. The summed E-state index contributed by atoms with van der Waals surface area (Å²) in [6.45, 7) is 2.49. The van der Waals surface area contributed by atoms with Crippen LogP contribution in [0.3, 0.4) is 0 Å². The van der Waals surface area contributed by atoms with Gasteiger partial charge in [0.25, 0.3) is 0 Å². The van der Waals surface area contributed by atoms with E-state index in [1.165, 1.54) is 0 Å². The van der Waals surface area contributed by atoms with Gasteiger partial charge in [-0.1, -0.05) is 0 Å². The molecule has 2 saturated heterocycles. The zero-order chi connectivity index (χ0) is 10.8. The van der Waals surface area contributed by atoms with Crippen LogP contribution in [0.4, 0.5) is 0 Å². The molecule has 6 nitrogen and oxygen atoms in total. The Kier molecular flexibility index (Phi) is 3.20. The summed E-state index contributed by atoms with van der Waals surface area (Å²) in [5, 5.41) is 21.8. The molecular weight excluding hydrogens is 200 g/mol. The minimum Gasteiger partial charge on any atom is -0.480 e. The standard InChI is InChI=1S/C9H16N2O4/c12-8-4-10-3-6(8)11-1-2-15-5-7(11)9(13)14/h6-8,10,12H,1-5H2,(H,13,14). The molecule has 6 heteroatoms. The summed E-state index contributed by atoms with van der Waals surface area (Å²) < 4.78 is 5.14. The Balaban J connectivity index is 2.06. The average molecular weight is 216 g/mol. The number of hydrogen-bond donors (Lipinski definition) is 3. The molecule has 0 radical (unpaired) electrons. The second-order valence-corrected chi connectivity index (χ2v) is 3.96. The Hall–Kier alpha value is -0.690. The number of nitrogens with one attached hydrogen (secondary N) is 1. The van der Waals surface area contributed by atoms with Crippen molar-refractivity contribution in [3.8, 4) is 0 Å². The van der Waals surface area contributed by atoms with Crippen molar-refractivity contribution in [3.05, 3.63) is 0 Å². The molecule has 0 aliphatic carbocycles. The zero-order valence-corrected chi connectivity index (χ0v) is 8.43. The van der Waals surface area contributed by atoms with Crippen LogP contribution in [-0.2, 0) is 9.53 Å². The second kappa shape index (κ2) is 4.44. The van der Waals surface area contributed by atoms with Crippen molar-refractivity contribution in [2.45, 2.75) is 18.2 Å². The van der Waals surface area contributed by atoms with E-state index in [1.807, 2.05) is 4.90 Å². The summed E-state index contributed by atoms with van der Waals surface area (Å²) in [6, 6.07) is -0.728. The minimum absolute atomic E-state index is 0.102. The highest BCUT2D eigenvalue weighted by Crippen LogP contribution is 2.16. The van der Waals surface area contributed by atoms with Gasteiger partial charge in [-0.15, -0.1) is 0 Å². The summed E-state index contributed by atoms with van der Waals surface area (Å²) in [5.74, 6) is -0.881. The van der Waals surface area contributed by atoms with Crippen molar-refractivity contribution in [1.29, 1.82) is 0 Å². The van der Waals surface area contributed by atoms with Crippen LogP contribution >= 0.6 is 0 Å². The van der Waals surface area contributed by atoms with Gasteiger partial charge in [0, 0.05) is 19.6 Å². The number of carboxylic acids is 1. The summed E-state index contributed by atoms with van der Waals surface area (Å²) in [7, 11) is 0. The first-order valence-corrected chi connectivity index (χ1v) is 5.15. The average Bonchev–Trinajstić information content (AvgIpc) is 2.64. The number of rotatable bonds is 2. The Morgan fingerprint density at radius 2 is 2.27 bits per heavy atom. The molecule has 0 saturated carbocycles. The molecule has 2 rings (SSSR count). The maximum Gasteiger partial charge on any atom is 0.323 e. The third-order valence-corrected chi connectivity index (χ3v) is 3.03. The van der Waals surface area contributed by atoms with Gasteiger partial charge >= 0.3 is 5.97 Å². The number of carboxylic acid groups (broad SMARTS) is 1. The normalized spacial score (nSPS) is 38.1.